The molecule has 2 aromatic carbocycles. The highest BCUT2D eigenvalue weighted by Gasteiger charge is 2.38. The molecule has 1 aromatic heterocycles. The van der Waals surface area contributed by atoms with Gasteiger partial charge in [0.25, 0.3) is 11.8 Å². The zero-order valence-electron chi connectivity index (χ0n) is 16.3. The number of nitrogens with zero attached hydrogens (tertiary/aromatic N) is 3. The minimum absolute atomic E-state index is 0.0593. The second-order valence-corrected chi connectivity index (χ2v) is 6.58. The van der Waals surface area contributed by atoms with Gasteiger partial charge in [-0.3, -0.25) is 14.8 Å². The Hall–Kier alpha value is -4.33. The number of aliphatic imine (C=N–C) groups is 1. The Kier molecular flexibility index (Phi) is 6.21. The Bertz CT molecular complexity index is 1170. The van der Waals surface area contributed by atoms with Crippen molar-refractivity contribution in [3.63, 3.8) is 0 Å². The normalized spacial score (nSPS) is 12.9. The Morgan fingerprint density at radius 3 is 2.19 bits per heavy atom. The number of aromatic amines is 1. The van der Waals surface area contributed by atoms with Crippen LogP contribution in [0.1, 0.15) is 34.1 Å². The summed E-state index contributed by atoms with van der Waals surface area (Å²) in [6.45, 7) is 1.20. The van der Waals surface area contributed by atoms with E-state index in [9.17, 15) is 14.7 Å². The lowest BCUT2D eigenvalue weighted by Crippen LogP contribution is -2.44. The average molecular weight is 418 g/mol. The lowest BCUT2D eigenvalue weighted by Gasteiger charge is -2.21. The topological polar surface area (TPSA) is 167 Å². The van der Waals surface area contributed by atoms with Crippen LogP contribution in [0.4, 0.5) is 5.69 Å². The van der Waals surface area contributed by atoms with E-state index in [1.165, 1.54) is 30.7 Å². The monoisotopic (exact) mass is 418 g/mol. The summed E-state index contributed by atoms with van der Waals surface area (Å²) in [7, 11) is 0. The van der Waals surface area contributed by atoms with Gasteiger partial charge in [-0.15, -0.1) is 0 Å². The Balaban J connectivity index is 1.84. The highest BCUT2D eigenvalue weighted by Crippen LogP contribution is 2.20. The molecule has 0 saturated carbocycles. The van der Waals surface area contributed by atoms with Crippen molar-refractivity contribution in [2.45, 2.75) is 12.5 Å². The second kappa shape index (κ2) is 9.00. The fourth-order valence-electron chi connectivity index (χ4n) is 2.56. The van der Waals surface area contributed by atoms with Crippen LogP contribution < -0.4 is 11.2 Å². The molecule has 0 radical (unpaired) electrons. The molecular weight excluding hydrogens is 400 g/mol. The van der Waals surface area contributed by atoms with Gasteiger partial charge in [-0.25, -0.2) is 10.5 Å². The average Bonchev–Trinajstić information content (AvgIpc) is 3.32. The smallest absolute Gasteiger partial charge is 0.292 e. The number of amides is 2. The molecule has 0 fully saturated rings. The molecule has 10 nitrogen and oxygen atoms in total. The number of anilines is 1. The van der Waals surface area contributed by atoms with Gasteiger partial charge in [-0.2, -0.15) is 15.4 Å². The molecule has 0 aliphatic heterocycles. The first-order chi connectivity index (χ1) is 14.8. The van der Waals surface area contributed by atoms with E-state index in [1.54, 1.807) is 36.4 Å². The zero-order chi connectivity index (χ0) is 22.4. The molecule has 156 valence electrons. The largest absolute Gasteiger partial charge is 0.399 e. The van der Waals surface area contributed by atoms with Gasteiger partial charge >= 0.3 is 0 Å². The number of carbonyl (C=O) groups is 2. The SMILES string of the molecule is CC(O)(C(=NC(=O)c1ccc(C#Cc2ccc(N)cc2)cc1)C(=O)NO)c1cn[nH]n1. The van der Waals surface area contributed by atoms with Crippen LogP contribution >= 0.6 is 0 Å². The highest BCUT2D eigenvalue weighted by molar-refractivity contribution is 6.43. The summed E-state index contributed by atoms with van der Waals surface area (Å²) < 4.78 is 0. The summed E-state index contributed by atoms with van der Waals surface area (Å²) in [6.07, 6.45) is 1.17. The van der Waals surface area contributed by atoms with Gasteiger partial charge in [0.15, 0.2) is 5.60 Å². The first kappa shape index (κ1) is 21.4. The molecule has 1 heterocycles. The highest BCUT2D eigenvalue weighted by atomic mass is 16.5. The summed E-state index contributed by atoms with van der Waals surface area (Å²) in [5.41, 5.74) is 6.45. The number of benzene rings is 2. The first-order valence-electron chi connectivity index (χ1n) is 8.95. The van der Waals surface area contributed by atoms with Crippen molar-refractivity contribution in [3.8, 4) is 11.8 Å². The van der Waals surface area contributed by atoms with Gasteiger partial charge in [0.1, 0.15) is 11.4 Å². The number of hydrogen-bond donors (Lipinski definition) is 5. The van der Waals surface area contributed by atoms with E-state index >= 15 is 0 Å². The lowest BCUT2D eigenvalue weighted by atomic mass is 9.95. The molecule has 1 unspecified atom stereocenters. The van der Waals surface area contributed by atoms with E-state index in [-0.39, 0.29) is 11.3 Å². The van der Waals surface area contributed by atoms with E-state index in [1.807, 2.05) is 0 Å². The van der Waals surface area contributed by atoms with Crippen molar-refractivity contribution in [2.24, 2.45) is 4.99 Å². The maximum absolute atomic E-state index is 12.6. The van der Waals surface area contributed by atoms with Crippen LogP contribution in [0.5, 0.6) is 0 Å². The molecule has 0 aliphatic rings. The predicted molar refractivity (Wildman–Crippen MR) is 111 cm³/mol. The summed E-state index contributed by atoms with van der Waals surface area (Å²) in [5.74, 6) is 3.98. The number of hydroxylamine groups is 1. The first-order valence-corrected chi connectivity index (χ1v) is 8.95. The van der Waals surface area contributed by atoms with Crippen LogP contribution in [0.15, 0.2) is 59.7 Å². The van der Waals surface area contributed by atoms with Crippen molar-refractivity contribution < 1.29 is 19.9 Å². The summed E-state index contributed by atoms with van der Waals surface area (Å²) in [6, 6.07) is 13.3. The van der Waals surface area contributed by atoms with Crippen molar-refractivity contribution in [1.29, 1.82) is 0 Å². The Morgan fingerprint density at radius 2 is 1.68 bits per heavy atom. The molecule has 2 amide bonds. The number of aliphatic hydroxyl groups is 1. The summed E-state index contributed by atoms with van der Waals surface area (Å²) in [4.78, 5) is 28.3. The van der Waals surface area contributed by atoms with Crippen molar-refractivity contribution in [3.05, 3.63) is 77.1 Å². The number of rotatable bonds is 4. The van der Waals surface area contributed by atoms with Crippen LogP contribution in [0.2, 0.25) is 0 Å². The van der Waals surface area contributed by atoms with Gasteiger partial charge in [0.05, 0.1) is 6.20 Å². The number of aromatic nitrogens is 3. The third-order valence-electron chi connectivity index (χ3n) is 4.30. The molecule has 31 heavy (non-hydrogen) atoms. The summed E-state index contributed by atoms with van der Waals surface area (Å²) in [5, 5.41) is 29.2. The third kappa shape index (κ3) is 4.99. The Labute approximate surface area is 176 Å². The van der Waals surface area contributed by atoms with Gasteiger partial charge in [0, 0.05) is 22.4 Å². The van der Waals surface area contributed by atoms with Gasteiger partial charge in [-0.1, -0.05) is 11.8 Å². The van der Waals surface area contributed by atoms with Crippen LogP contribution in [-0.2, 0) is 10.4 Å². The van der Waals surface area contributed by atoms with E-state index < -0.39 is 23.1 Å². The predicted octanol–water partition coefficient (Wildman–Crippen LogP) is 0.781. The van der Waals surface area contributed by atoms with Gasteiger partial charge < -0.3 is 10.8 Å². The standard InChI is InChI=1S/C21H18N6O4/c1-21(30,17-12-23-27-25-17)18(20(29)26-31)24-19(28)15-8-4-13(5-9-15)2-3-14-6-10-16(22)11-7-14/h4-12,30-31H,22H2,1H3,(H,26,29)(H,23,25,27). The number of nitrogens with one attached hydrogen (secondary N) is 2. The van der Waals surface area contributed by atoms with Crippen molar-refractivity contribution >= 4 is 23.2 Å². The number of carbonyl (C=O) groups excluding carboxylic acids is 2. The van der Waals surface area contributed by atoms with Crippen LogP contribution in [0.25, 0.3) is 0 Å². The molecule has 0 aliphatic carbocycles. The van der Waals surface area contributed by atoms with Crippen LogP contribution in [0.3, 0.4) is 0 Å². The molecule has 3 aromatic rings. The quantitative estimate of drug-likeness (QED) is 0.137. The molecule has 0 spiro atoms. The van der Waals surface area contributed by atoms with Gasteiger partial charge in [0.2, 0.25) is 0 Å². The molecule has 6 N–H and O–H groups in total. The Morgan fingerprint density at radius 1 is 1.10 bits per heavy atom. The van der Waals surface area contributed by atoms with Crippen LogP contribution in [-0.4, -0.2) is 43.3 Å². The van der Waals surface area contributed by atoms with E-state index in [2.05, 4.69) is 32.2 Å². The molecule has 3 rings (SSSR count). The molecule has 0 bridgehead atoms. The fraction of sp³-hybridized carbons (Fsp3) is 0.0952. The van der Waals surface area contributed by atoms with E-state index in [0.29, 0.717) is 11.3 Å². The third-order valence-corrected chi connectivity index (χ3v) is 4.30. The molecular formula is C21H18N6O4. The van der Waals surface area contributed by atoms with Gasteiger partial charge in [-0.05, 0) is 55.5 Å². The maximum atomic E-state index is 12.6. The number of H-pyrrole nitrogens is 1. The molecule has 1 atom stereocenters. The lowest BCUT2D eigenvalue weighted by molar-refractivity contribution is -0.123. The summed E-state index contributed by atoms with van der Waals surface area (Å²) >= 11 is 0. The number of nitrogen functional groups attached to an aromatic ring is 1. The van der Waals surface area contributed by atoms with Crippen LogP contribution in [0, 0.1) is 11.8 Å². The van der Waals surface area contributed by atoms with Crippen molar-refractivity contribution in [1.82, 2.24) is 20.9 Å². The molecule has 0 saturated heterocycles. The number of hydrogen-bond acceptors (Lipinski definition) is 7. The van der Waals surface area contributed by atoms with Crippen molar-refractivity contribution in [2.75, 3.05) is 5.73 Å². The van der Waals surface area contributed by atoms with E-state index in [4.69, 9.17) is 10.9 Å². The molecule has 10 heteroatoms. The minimum Gasteiger partial charge on any atom is -0.399 e. The second-order valence-electron chi connectivity index (χ2n) is 6.58. The zero-order valence-corrected chi connectivity index (χ0v) is 16.3. The minimum atomic E-state index is -2.08. The fourth-order valence-corrected chi connectivity index (χ4v) is 2.56. The number of nitrogens with two attached hydrogens (primary N) is 1. The maximum Gasteiger partial charge on any atom is 0.292 e. The van der Waals surface area contributed by atoms with E-state index in [0.717, 1.165) is 5.56 Å².